The SMILES string of the molecule is CC(C)C(C(O)c1ccccc1)N(C)CC1CCCCO1. The first-order valence-electron chi connectivity index (χ1n) is 8.14. The average molecular weight is 291 g/mol. The van der Waals surface area contributed by atoms with Crippen LogP contribution in [-0.4, -0.2) is 42.4 Å². The predicted molar refractivity (Wildman–Crippen MR) is 86.2 cm³/mol. The third kappa shape index (κ3) is 4.53. The van der Waals surface area contributed by atoms with Crippen LogP contribution >= 0.6 is 0 Å². The summed E-state index contributed by atoms with van der Waals surface area (Å²) in [6.45, 7) is 6.13. The summed E-state index contributed by atoms with van der Waals surface area (Å²) in [7, 11) is 2.11. The number of hydrogen-bond donors (Lipinski definition) is 1. The summed E-state index contributed by atoms with van der Waals surface area (Å²) in [5, 5.41) is 10.8. The van der Waals surface area contributed by atoms with Gasteiger partial charge in [-0.3, -0.25) is 4.90 Å². The molecule has 1 saturated heterocycles. The van der Waals surface area contributed by atoms with Gasteiger partial charge in [0.2, 0.25) is 0 Å². The van der Waals surface area contributed by atoms with Crippen molar-refractivity contribution in [2.45, 2.75) is 51.4 Å². The van der Waals surface area contributed by atoms with Crippen molar-refractivity contribution in [3.8, 4) is 0 Å². The van der Waals surface area contributed by atoms with Crippen LogP contribution in [0.2, 0.25) is 0 Å². The van der Waals surface area contributed by atoms with E-state index in [1.807, 2.05) is 30.3 Å². The molecule has 0 aromatic heterocycles. The van der Waals surface area contributed by atoms with Gasteiger partial charge in [0.25, 0.3) is 0 Å². The molecule has 2 rings (SSSR count). The van der Waals surface area contributed by atoms with Crippen molar-refractivity contribution >= 4 is 0 Å². The molecule has 0 spiro atoms. The monoisotopic (exact) mass is 291 g/mol. The minimum atomic E-state index is -0.459. The number of aliphatic hydroxyl groups is 1. The first-order valence-corrected chi connectivity index (χ1v) is 8.14. The summed E-state index contributed by atoms with van der Waals surface area (Å²) in [6, 6.07) is 10.1. The Bertz CT molecular complexity index is 401. The third-order valence-corrected chi connectivity index (χ3v) is 4.42. The Kier molecular flexibility index (Phi) is 6.22. The van der Waals surface area contributed by atoms with Gasteiger partial charge in [-0.25, -0.2) is 0 Å². The van der Waals surface area contributed by atoms with E-state index in [9.17, 15) is 5.11 Å². The van der Waals surface area contributed by atoms with Gasteiger partial charge in [0, 0.05) is 19.2 Å². The van der Waals surface area contributed by atoms with Crippen molar-refractivity contribution in [2.24, 2.45) is 5.92 Å². The molecule has 0 aliphatic carbocycles. The first kappa shape index (κ1) is 16.5. The van der Waals surface area contributed by atoms with E-state index in [0.717, 1.165) is 25.1 Å². The highest BCUT2D eigenvalue weighted by atomic mass is 16.5. The van der Waals surface area contributed by atoms with Gasteiger partial charge < -0.3 is 9.84 Å². The van der Waals surface area contributed by atoms with Crippen molar-refractivity contribution in [3.05, 3.63) is 35.9 Å². The van der Waals surface area contributed by atoms with Crippen LogP contribution < -0.4 is 0 Å². The Morgan fingerprint density at radius 2 is 1.95 bits per heavy atom. The van der Waals surface area contributed by atoms with Gasteiger partial charge in [-0.15, -0.1) is 0 Å². The quantitative estimate of drug-likeness (QED) is 0.873. The van der Waals surface area contributed by atoms with E-state index < -0.39 is 6.10 Å². The van der Waals surface area contributed by atoms with Gasteiger partial charge in [-0.2, -0.15) is 0 Å². The lowest BCUT2D eigenvalue weighted by Gasteiger charge is -2.37. The largest absolute Gasteiger partial charge is 0.387 e. The summed E-state index contributed by atoms with van der Waals surface area (Å²) >= 11 is 0. The fourth-order valence-electron chi connectivity index (χ4n) is 3.36. The summed E-state index contributed by atoms with van der Waals surface area (Å²) in [5.41, 5.74) is 0.993. The molecule has 1 aliphatic rings. The van der Waals surface area contributed by atoms with Crippen LogP contribution in [0, 0.1) is 5.92 Å². The smallest absolute Gasteiger partial charge is 0.0947 e. The number of ether oxygens (including phenoxy) is 1. The van der Waals surface area contributed by atoms with Gasteiger partial charge >= 0.3 is 0 Å². The van der Waals surface area contributed by atoms with E-state index >= 15 is 0 Å². The molecule has 1 N–H and O–H groups in total. The highest BCUT2D eigenvalue weighted by Crippen LogP contribution is 2.27. The van der Waals surface area contributed by atoms with Gasteiger partial charge in [-0.05, 0) is 37.8 Å². The van der Waals surface area contributed by atoms with Crippen LogP contribution in [0.3, 0.4) is 0 Å². The fourth-order valence-corrected chi connectivity index (χ4v) is 3.36. The Labute approximate surface area is 128 Å². The van der Waals surface area contributed by atoms with Crippen molar-refractivity contribution in [1.82, 2.24) is 4.90 Å². The second kappa shape index (κ2) is 7.92. The zero-order valence-electron chi connectivity index (χ0n) is 13.5. The molecular weight excluding hydrogens is 262 g/mol. The molecule has 3 nitrogen and oxygen atoms in total. The molecule has 3 atom stereocenters. The van der Waals surface area contributed by atoms with Crippen LogP contribution in [0.1, 0.15) is 44.8 Å². The molecule has 1 aromatic carbocycles. The van der Waals surface area contributed by atoms with E-state index in [-0.39, 0.29) is 6.04 Å². The summed E-state index contributed by atoms with van der Waals surface area (Å²) in [6.07, 6.45) is 3.43. The molecule has 3 heteroatoms. The molecule has 1 heterocycles. The van der Waals surface area contributed by atoms with Crippen LogP contribution in [0.25, 0.3) is 0 Å². The first-order chi connectivity index (χ1) is 10.1. The maximum absolute atomic E-state index is 10.8. The second-order valence-corrected chi connectivity index (χ2v) is 6.52. The third-order valence-electron chi connectivity index (χ3n) is 4.42. The van der Waals surface area contributed by atoms with Crippen LogP contribution in [0.4, 0.5) is 0 Å². The number of aliphatic hydroxyl groups excluding tert-OH is 1. The Hall–Kier alpha value is -0.900. The number of likely N-dealkylation sites (N-methyl/N-ethyl adjacent to an activating group) is 1. The topological polar surface area (TPSA) is 32.7 Å². The number of benzene rings is 1. The average Bonchev–Trinajstić information content (AvgIpc) is 2.49. The number of nitrogens with zero attached hydrogens (tertiary/aromatic N) is 1. The van der Waals surface area contributed by atoms with E-state index in [4.69, 9.17) is 4.74 Å². The standard InChI is InChI=1S/C18H29NO2/c1-14(2)17(18(20)15-9-5-4-6-10-15)19(3)13-16-11-7-8-12-21-16/h4-6,9-10,14,16-18,20H,7-8,11-13H2,1-3H3. The fraction of sp³-hybridized carbons (Fsp3) is 0.667. The molecule has 1 aliphatic heterocycles. The number of rotatable bonds is 6. The predicted octanol–water partition coefficient (Wildman–Crippen LogP) is 3.25. The molecule has 21 heavy (non-hydrogen) atoms. The van der Waals surface area contributed by atoms with Crippen LogP contribution in [0.5, 0.6) is 0 Å². The van der Waals surface area contributed by atoms with Crippen LogP contribution in [-0.2, 0) is 4.74 Å². The zero-order chi connectivity index (χ0) is 15.2. The maximum atomic E-state index is 10.8. The van der Waals surface area contributed by atoms with Gasteiger partial charge in [-0.1, -0.05) is 44.2 Å². The maximum Gasteiger partial charge on any atom is 0.0947 e. The summed E-state index contributed by atoms with van der Waals surface area (Å²) < 4.78 is 5.84. The highest BCUT2D eigenvalue weighted by Gasteiger charge is 2.29. The molecule has 0 amide bonds. The molecule has 1 fully saturated rings. The lowest BCUT2D eigenvalue weighted by Crippen LogP contribution is -2.45. The zero-order valence-corrected chi connectivity index (χ0v) is 13.5. The minimum absolute atomic E-state index is 0.109. The van der Waals surface area contributed by atoms with Crippen LogP contribution in [0.15, 0.2) is 30.3 Å². The second-order valence-electron chi connectivity index (χ2n) is 6.52. The molecule has 118 valence electrons. The molecule has 3 unspecified atom stereocenters. The minimum Gasteiger partial charge on any atom is -0.387 e. The van der Waals surface area contributed by atoms with E-state index in [0.29, 0.717) is 12.0 Å². The lowest BCUT2D eigenvalue weighted by atomic mass is 9.92. The van der Waals surface area contributed by atoms with Gasteiger partial charge in [0.1, 0.15) is 0 Å². The highest BCUT2D eigenvalue weighted by molar-refractivity contribution is 5.19. The van der Waals surface area contributed by atoms with Crippen molar-refractivity contribution in [3.63, 3.8) is 0 Å². The lowest BCUT2D eigenvalue weighted by molar-refractivity contribution is -0.0323. The van der Waals surface area contributed by atoms with Crippen molar-refractivity contribution in [1.29, 1.82) is 0 Å². The molecule has 0 saturated carbocycles. The summed E-state index contributed by atoms with van der Waals surface area (Å²) in [4.78, 5) is 2.28. The van der Waals surface area contributed by atoms with E-state index in [2.05, 4.69) is 25.8 Å². The molecular formula is C18H29NO2. The molecule has 1 aromatic rings. The Balaban J connectivity index is 2.03. The molecule has 0 radical (unpaired) electrons. The van der Waals surface area contributed by atoms with E-state index in [1.54, 1.807) is 0 Å². The molecule has 0 bridgehead atoms. The Morgan fingerprint density at radius 1 is 1.24 bits per heavy atom. The van der Waals surface area contributed by atoms with Gasteiger partial charge in [0.05, 0.1) is 12.2 Å². The van der Waals surface area contributed by atoms with Crippen molar-refractivity contribution < 1.29 is 9.84 Å². The normalized spacial score (nSPS) is 22.5. The summed E-state index contributed by atoms with van der Waals surface area (Å²) in [5.74, 6) is 0.383. The van der Waals surface area contributed by atoms with Crippen molar-refractivity contribution in [2.75, 3.05) is 20.2 Å². The number of hydrogen-bond acceptors (Lipinski definition) is 3. The van der Waals surface area contributed by atoms with Gasteiger partial charge in [0.15, 0.2) is 0 Å². The van der Waals surface area contributed by atoms with E-state index in [1.165, 1.54) is 12.8 Å². The Morgan fingerprint density at radius 3 is 2.52 bits per heavy atom.